The van der Waals surface area contributed by atoms with Crippen molar-refractivity contribution in [2.45, 2.75) is 24.9 Å². The van der Waals surface area contributed by atoms with E-state index in [1.807, 2.05) is 7.05 Å². The van der Waals surface area contributed by atoms with Gasteiger partial charge < -0.3 is 15.2 Å². The number of unbranched alkanes of at least 4 members (excludes halogenated alkanes) is 1. The largest absolute Gasteiger partial charge is 0.352 e. The molecule has 128 valence electrons. The molecule has 1 heterocycles. The van der Waals surface area contributed by atoms with E-state index in [1.165, 1.54) is 11.8 Å². The van der Waals surface area contributed by atoms with Crippen LogP contribution in [0.3, 0.4) is 0 Å². The first-order valence-corrected chi connectivity index (χ1v) is 8.73. The molecule has 8 heteroatoms. The van der Waals surface area contributed by atoms with Gasteiger partial charge in [0.25, 0.3) is 5.91 Å². The first kappa shape index (κ1) is 18.0. The Kier molecular flexibility index (Phi) is 6.80. The Morgan fingerprint density at radius 3 is 2.88 bits per heavy atom. The monoisotopic (exact) mass is 347 g/mol. The van der Waals surface area contributed by atoms with Crippen molar-refractivity contribution >= 4 is 29.3 Å². The highest BCUT2D eigenvalue weighted by molar-refractivity contribution is 7.99. The third-order valence-electron chi connectivity index (χ3n) is 3.23. The van der Waals surface area contributed by atoms with Crippen LogP contribution >= 0.6 is 11.8 Å². The Balaban J connectivity index is 1.87. The number of rotatable bonds is 8. The molecule has 24 heavy (non-hydrogen) atoms. The van der Waals surface area contributed by atoms with Crippen LogP contribution in [0.15, 0.2) is 35.7 Å². The summed E-state index contributed by atoms with van der Waals surface area (Å²) >= 11 is 1.30. The fraction of sp³-hybridized carbons (Fsp3) is 0.375. The van der Waals surface area contributed by atoms with Gasteiger partial charge in [-0.1, -0.05) is 31.2 Å². The van der Waals surface area contributed by atoms with Crippen LogP contribution in [0.2, 0.25) is 0 Å². The second kappa shape index (κ2) is 9.07. The van der Waals surface area contributed by atoms with Gasteiger partial charge in [-0.2, -0.15) is 0 Å². The highest BCUT2D eigenvalue weighted by Gasteiger charge is 2.09. The van der Waals surface area contributed by atoms with Crippen LogP contribution in [-0.4, -0.2) is 38.9 Å². The van der Waals surface area contributed by atoms with Gasteiger partial charge in [0.1, 0.15) is 6.33 Å². The Morgan fingerprint density at radius 1 is 1.33 bits per heavy atom. The van der Waals surface area contributed by atoms with E-state index in [0.717, 1.165) is 12.8 Å². The second-order valence-electron chi connectivity index (χ2n) is 5.25. The van der Waals surface area contributed by atoms with E-state index in [1.54, 1.807) is 35.2 Å². The van der Waals surface area contributed by atoms with E-state index in [0.29, 0.717) is 23.0 Å². The van der Waals surface area contributed by atoms with Gasteiger partial charge in [0.2, 0.25) is 5.91 Å². The molecule has 0 fully saturated rings. The number of nitrogens with one attached hydrogen (secondary N) is 2. The Hall–Kier alpha value is -2.35. The van der Waals surface area contributed by atoms with Crippen LogP contribution in [0.1, 0.15) is 30.1 Å². The molecule has 0 unspecified atom stereocenters. The number of aromatic nitrogens is 3. The number of amides is 2. The van der Waals surface area contributed by atoms with Crippen LogP contribution in [0.4, 0.5) is 5.69 Å². The number of aryl methyl sites for hydroxylation is 1. The van der Waals surface area contributed by atoms with Crippen molar-refractivity contribution < 1.29 is 9.59 Å². The second-order valence-corrected chi connectivity index (χ2v) is 6.19. The summed E-state index contributed by atoms with van der Waals surface area (Å²) in [4.78, 5) is 24.1. The zero-order chi connectivity index (χ0) is 17.4. The molecule has 0 aliphatic heterocycles. The van der Waals surface area contributed by atoms with Crippen LogP contribution in [-0.2, 0) is 11.8 Å². The van der Waals surface area contributed by atoms with Crippen molar-refractivity contribution in [3.63, 3.8) is 0 Å². The molecular formula is C16H21N5O2S. The van der Waals surface area contributed by atoms with Crippen molar-refractivity contribution in [1.29, 1.82) is 0 Å². The first-order valence-electron chi connectivity index (χ1n) is 7.75. The van der Waals surface area contributed by atoms with Gasteiger partial charge in [0, 0.05) is 24.8 Å². The molecule has 2 aromatic rings. The lowest BCUT2D eigenvalue weighted by Gasteiger charge is -2.08. The normalized spacial score (nSPS) is 10.4. The van der Waals surface area contributed by atoms with Crippen LogP contribution in [0, 0.1) is 0 Å². The lowest BCUT2D eigenvalue weighted by Crippen LogP contribution is -2.24. The molecule has 0 saturated heterocycles. The SMILES string of the molecule is CCCCNC(=O)c1cccc(NC(=O)CSc2nncn2C)c1. The third-order valence-corrected chi connectivity index (χ3v) is 4.26. The average molecular weight is 347 g/mol. The number of hydrogen-bond acceptors (Lipinski definition) is 5. The Morgan fingerprint density at radius 2 is 2.17 bits per heavy atom. The van der Waals surface area contributed by atoms with Crippen molar-refractivity contribution in [2.75, 3.05) is 17.6 Å². The summed E-state index contributed by atoms with van der Waals surface area (Å²) in [7, 11) is 1.82. The maximum absolute atomic E-state index is 12.0. The van der Waals surface area contributed by atoms with Gasteiger partial charge in [-0.05, 0) is 24.6 Å². The lowest BCUT2D eigenvalue weighted by molar-refractivity contribution is -0.113. The predicted octanol–water partition coefficient (Wildman–Crippen LogP) is 2.08. The quantitative estimate of drug-likeness (QED) is 0.564. The number of anilines is 1. The first-order chi connectivity index (χ1) is 11.6. The van der Waals surface area contributed by atoms with Gasteiger partial charge in [-0.25, -0.2) is 0 Å². The number of hydrogen-bond donors (Lipinski definition) is 2. The number of carbonyl (C=O) groups excluding carboxylic acids is 2. The van der Waals surface area contributed by atoms with Crippen molar-refractivity contribution in [2.24, 2.45) is 7.05 Å². The fourth-order valence-electron chi connectivity index (χ4n) is 1.95. The summed E-state index contributed by atoms with van der Waals surface area (Å²) < 4.78 is 1.75. The molecule has 0 saturated carbocycles. The molecule has 1 aromatic heterocycles. The minimum absolute atomic E-state index is 0.131. The zero-order valence-corrected chi connectivity index (χ0v) is 14.6. The van der Waals surface area contributed by atoms with E-state index < -0.39 is 0 Å². The highest BCUT2D eigenvalue weighted by atomic mass is 32.2. The third kappa shape index (κ3) is 5.38. The summed E-state index contributed by atoms with van der Waals surface area (Å²) in [6, 6.07) is 6.91. The van der Waals surface area contributed by atoms with E-state index in [-0.39, 0.29) is 17.6 Å². The van der Waals surface area contributed by atoms with E-state index >= 15 is 0 Å². The standard InChI is InChI=1S/C16H21N5O2S/c1-3-4-8-17-15(23)12-6-5-7-13(9-12)19-14(22)10-24-16-20-18-11-21(16)2/h5-7,9,11H,3-4,8,10H2,1-2H3,(H,17,23)(H,19,22). The van der Waals surface area contributed by atoms with Gasteiger partial charge in [0.15, 0.2) is 5.16 Å². The maximum atomic E-state index is 12.0. The highest BCUT2D eigenvalue weighted by Crippen LogP contribution is 2.15. The minimum atomic E-state index is -0.161. The molecule has 0 atom stereocenters. The van der Waals surface area contributed by atoms with Crippen LogP contribution in [0.25, 0.3) is 0 Å². The van der Waals surface area contributed by atoms with Gasteiger partial charge >= 0.3 is 0 Å². The molecule has 2 rings (SSSR count). The zero-order valence-electron chi connectivity index (χ0n) is 13.8. The van der Waals surface area contributed by atoms with Crippen molar-refractivity contribution in [1.82, 2.24) is 20.1 Å². The maximum Gasteiger partial charge on any atom is 0.251 e. The number of thioether (sulfide) groups is 1. The van der Waals surface area contributed by atoms with Crippen molar-refractivity contribution in [3.8, 4) is 0 Å². The number of carbonyl (C=O) groups is 2. The average Bonchev–Trinajstić information content (AvgIpc) is 2.98. The molecule has 2 amide bonds. The summed E-state index contributed by atoms with van der Waals surface area (Å²) in [5.41, 5.74) is 1.13. The van der Waals surface area contributed by atoms with Gasteiger partial charge in [-0.3, -0.25) is 9.59 Å². The lowest BCUT2D eigenvalue weighted by atomic mass is 10.2. The molecule has 0 radical (unpaired) electrons. The fourth-order valence-corrected chi connectivity index (χ4v) is 2.64. The smallest absolute Gasteiger partial charge is 0.251 e. The van der Waals surface area contributed by atoms with E-state index in [2.05, 4.69) is 27.8 Å². The Bertz CT molecular complexity index is 701. The molecule has 0 aliphatic rings. The van der Waals surface area contributed by atoms with Crippen molar-refractivity contribution in [3.05, 3.63) is 36.2 Å². The van der Waals surface area contributed by atoms with Crippen LogP contribution in [0.5, 0.6) is 0 Å². The molecule has 7 nitrogen and oxygen atoms in total. The molecule has 0 bridgehead atoms. The van der Waals surface area contributed by atoms with E-state index in [4.69, 9.17) is 0 Å². The molecule has 0 spiro atoms. The number of nitrogens with zero attached hydrogens (tertiary/aromatic N) is 3. The summed E-state index contributed by atoms with van der Waals surface area (Å²) in [5.74, 6) is -0.0704. The van der Waals surface area contributed by atoms with Crippen LogP contribution < -0.4 is 10.6 Å². The molecule has 2 N–H and O–H groups in total. The van der Waals surface area contributed by atoms with Gasteiger partial charge in [-0.15, -0.1) is 10.2 Å². The topological polar surface area (TPSA) is 88.9 Å². The summed E-state index contributed by atoms with van der Waals surface area (Å²) in [5, 5.41) is 14.0. The molecular weight excluding hydrogens is 326 g/mol. The predicted molar refractivity (Wildman–Crippen MR) is 94.0 cm³/mol. The summed E-state index contributed by atoms with van der Waals surface area (Å²) in [6.45, 7) is 2.72. The minimum Gasteiger partial charge on any atom is -0.352 e. The van der Waals surface area contributed by atoms with Gasteiger partial charge in [0.05, 0.1) is 5.75 Å². The Labute approximate surface area is 145 Å². The molecule has 1 aromatic carbocycles. The van der Waals surface area contributed by atoms with E-state index in [9.17, 15) is 9.59 Å². The molecule has 0 aliphatic carbocycles. The number of benzene rings is 1. The summed E-state index contributed by atoms with van der Waals surface area (Å²) in [6.07, 6.45) is 3.56.